The molecule has 2 aromatic rings. The molecule has 0 saturated heterocycles. The standard InChI is InChI=1S/C19H21N3O5/c1-14(19(24)27-2)12-21(13-16-8-5-6-10-20-16)18(23)11-15-7-3-4-9-17(15)22(25)26/h3-10,14H,11-13H2,1-2H3. The zero-order valence-electron chi connectivity index (χ0n) is 15.2. The molecule has 0 aliphatic carbocycles. The highest BCUT2D eigenvalue weighted by Crippen LogP contribution is 2.19. The maximum atomic E-state index is 12.9. The molecule has 1 heterocycles. The molecule has 0 fully saturated rings. The zero-order valence-corrected chi connectivity index (χ0v) is 15.2. The summed E-state index contributed by atoms with van der Waals surface area (Å²) < 4.78 is 4.73. The number of nitrogens with zero attached hydrogens (tertiary/aromatic N) is 3. The van der Waals surface area contributed by atoms with Crippen molar-refractivity contribution in [3.05, 3.63) is 70.0 Å². The Morgan fingerprint density at radius 2 is 1.93 bits per heavy atom. The van der Waals surface area contributed by atoms with Gasteiger partial charge in [0, 0.05) is 24.4 Å². The summed E-state index contributed by atoms with van der Waals surface area (Å²) >= 11 is 0. The van der Waals surface area contributed by atoms with E-state index in [-0.39, 0.29) is 31.1 Å². The Bertz CT molecular complexity index is 810. The van der Waals surface area contributed by atoms with Gasteiger partial charge in [0.05, 0.1) is 36.6 Å². The molecule has 1 unspecified atom stereocenters. The van der Waals surface area contributed by atoms with Gasteiger partial charge in [0.25, 0.3) is 5.69 Å². The molecule has 0 spiro atoms. The number of benzene rings is 1. The maximum Gasteiger partial charge on any atom is 0.310 e. The van der Waals surface area contributed by atoms with Crippen LogP contribution in [0.1, 0.15) is 18.2 Å². The van der Waals surface area contributed by atoms with Crippen molar-refractivity contribution in [1.82, 2.24) is 9.88 Å². The Balaban J connectivity index is 2.22. The Morgan fingerprint density at radius 3 is 2.56 bits per heavy atom. The molecule has 0 N–H and O–H groups in total. The summed E-state index contributed by atoms with van der Waals surface area (Å²) in [6.45, 7) is 1.99. The van der Waals surface area contributed by atoms with Crippen LogP contribution >= 0.6 is 0 Å². The minimum Gasteiger partial charge on any atom is -0.469 e. The van der Waals surface area contributed by atoms with Crippen molar-refractivity contribution in [3.63, 3.8) is 0 Å². The minimum atomic E-state index is -0.534. The molecule has 0 aliphatic heterocycles. The lowest BCUT2D eigenvalue weighted by Gasteiger charge is -2.25. The summed E-state index contributed by atoms with van der Waals surface area (Å²) in [4.78, 5) is 41.0. The van der Waals surface area contributed by atoms with E-state index >= 15 is 0 Å². The number of nitro benzene ring substituents is 1. The number of para-hydroxylation sites is 1. The molecule has 0 aliphatic rings. The van der Waals surface area contributed by atoms with Crippen LogP contribution in [-0.2, 0) is 27.3 Å². The summed E-state index contributed by atoms with van der Waals surface area (Å²) in [7, 11) is 1.29. The first-order chi connectivity index (χ1) is 12.9. The highest BCUT2D eigenvalue weighted by molar-refractivity contribution is 5.81. The van der Waals surface area contributed by atoms with Gasteiger partial charge in [-0.05, 0) is 12.1 Å². The Morgan fingerprint density at radius 1 is 1.22 bits per heavy atom. The third kappa shape index (κ3) is 5.60. The van der Waals surface area contributed by atoms with Gasteiger partial charge in [-0.1, -0.05) is 31.2 Å². The second-order valence-corrected chi connectivity index (χ2v) is 6.08. The summed E-state index contributed by atoms with van der Waals surface area (Å²) in [5.74, 6) is -1.29. The van der Waals surface area contributed by atoms with Crippen molar-refractivity contribution in [2.24, 2.45) is 5.92 Å². The van der Waals surface area contributed by atoms with E-state index in [9.17, 15) is 19.7 Å². The van der Waals surface area contributed by atoms with Gasteiger partial charge in [0.15, 0.2) is 0 Å². The number of nitro groups is 1. The molecule has 1 aromatic carbocycles. The molecular weight excluding hydrogens is 350 g/mol. The predicted molar refractivity (Wildman–Crippen MR) is 97.6 cm³/mol. The van der Waals surface area contributed by atoms with Crippen molar-refractivity contribution in [1.29, 1.82) is 0 Å². The lowest BCUT2D eigenvalue weighted by molar-refractivity contribution is -0.385. The number of pyridine rings is 1. The number of carbonyl (C=O) groups excluding carboxylic acids is 2. The molecule has 142 valence electrons. The Kier molecular flexibility index (Phi) is 6.99. The number of methoxy groups -OCH3 is 1. The number of carbonyl (C=O) groups is 2. The molecule has 8 nitrogen and oxygen atoms in total. The second kappa shape index (κ2) is 9.42. The number of esters is 1. The fraction of sp³-hybridized carbons (Fsp3) is 0.316. The molecule has 0 saturated carbocycles. The molecule has 27 heavy (non-hydrogen) atoms. The topological polar surface area (TPSA) is 103 Å². The van der Waals surface area contributed by atoms with E-state index in [2.05, 4.69) is 4.98 Å². The van der Waals surface area contributed by atoms with E-state index in [1.807, 2.05) is 0 Å². The summed E-state index contributed by atoms with van der Waals surface area (Å²) in [6.07, 6.45) is 1.47. The number of hydrogen-bond acceptors (Lipinski definition) is 6. The number of amides is 1. The quantitative estimate of drug-likeness (QED) is 0.401. The minimum absolute atomic E-state index is 0.107. The van der Waals surface area contributed by atoms with Crippen LogP contribution in [0, 0.1) is 16.0 Å². The third-order valence-corrected chi connectivity index (χ3v) is 4.06. The zero-order chi connectivity index (χ0) is 19.8. The van der Waals surface area contributed by atoms with Gasteiger partial charge in [-0.15, -0.1) is 0 Å². The van der Waals surface area contributed by atoms with Gasteiger partial charge < -0.3 is 9.64 Å². The number of hydrogen-bond donors (Lipinski definition) is 0. The fourth-order valence-corrected chi connectivity index (χ4v) is 2.66. The molecule has 1 aromatic heterocycles. The third-order valence-electron chi connectivity index (χ3n) is 4.06. The predicted octanol–water partition coefficient (Wildman–Crippen LogP) is 2.37. The van der Waals surface area contributed by atoms with Gasteiger partial charge in [-0.25, -0.2) is 0 Å². The Labute approximate surface area is 156 Å². The van der Waals surface area contributed by atoms with Crippen molar-refractivity contribution in [2.45, 2.75) is 19.9 Å². The monoisotopic (exact) mass is 371 g/mol. The smallest absolute Gasteiger partial charge is 0.310 e. The van der Waals surface area contributed by atoms with Crippen molar-refractivity contribution in [3.8, 4) is 0 Å². The van der Waals surface area contributed by atoms with Crippen LogP contribution < -0.4 is 0 Å². The molecule has 0 bridgehead atoms. The van der Waals surface area contributed by atoms with E-state index in [1.54, 1.807) is 49.5 Å². The van der Waals surface area contributed by atoms with Gasteiger partial charge in [0.1, 0.15) is 0 Å². The van der Waals surface area contributed by atoms with Crippen LogP contribution in [0.25, 0.3) is 0 Å². The maximum absolute atomic E-state index is 12.9. The van der Waals surface area contributed by atoms with Gasteiger partial charge in [0.2, 0.25) is 5.91 Å². The van der Waals surface area contributed by atoms with Crippen LogP contribution in [0.15, 0.2) is 48.7 Å². The van der Waals surface area contributed by atoms with Gasteiger partial charge in [-0.2, -0.15) is 0 Å². The molecular formula is C19H21N3O5. The van der Waals surface area contributed by atoms with Crippen LogP contribution in [0.4, 0.5) is 5.69 Å². The largest absolute Gasteiger partial charge is 0.469 e. The summed E-state index contributed by atoms with van der Waals surface area (Å²) in [5.41, 5.74) is 0.874. The second-order valence-electron chi connectivity index (χ2n) is 6.08. The molecule has 8 heteroatoms. The number of aromatic nitrogens is 1. The average molecular weight is 371 g/mol. The first-order valence-corrected chi connectivity index (χ1v) is 8.40. The normalized spacial score (nSPS) is 11.5. The van der Waals surface area contributed by atoms with Crippen molar-refractivity contribution >= 4 is 17.6 Å². The molecule has 1 amide bonds. The lowest BCUT2D eigenvalue weighted by atomic mass is 10.1. The average Bonchev–Trinajstić information content (AvgIpc) is 2.67. The van der Waals surface area contributed by atoms with Crippen LogP contribution in [-0.4, -0.2) is 40.3 Å². The van der Waals surface area contributed by atoms with Crippen LogP contribution in [0.3, 0.4) is 0 Å². The highest BCUT2D eigenvalue weighted by atomic mass is 16.6. The van der Waals surface area contributed by atoms with Crippen molar-refractivity contribution < 1.29 is 19.2 Å². The number of ether oxygens (including phenoxy) is 1. The van der Waals surface area contributed by atoms with Crippen LogP contribution in [0.2, 0.25) is 0 Å². The molecule has 0 radical (unpaired) electrons. The number of rotatable bonds is 8. The summed E-state index contributed by atoms with van der Waals surface area (Å²) in [6, 6.07) is 11.5. The Hall–Kier alpha value is -3.29. The highest BCUT2D eigenvalue weighted by Gasteiger charge is 2.24. The van der Waals surface area contributed by atoms with Gasteiger partial charge >= 0.3 is 5.97 Å². The SMILES string of the molecule is COC(=O)C(C)CN(Cc1ccccn1)C(=O)Cc1ccccc1[N+](=O)[O-]. The van der Waals surface area contributed by atoms with E-state index in [1.165, 1.54) is 18.1 Å². The van der Waals surface area contributed by atoms with Crippen LogP contribution in [0.5, 0.6) is 0 Å². The van der Waals surface area contributed by atoms with Gasteiger partial charge in [-0.3, -0.25) is 24.7 Å². The fourth-order valence-electron chi connectivity index (χ4n) is 2.66. The first kappa shape index (κ1) is 20.0. The van der Waals surface area contributed by atoms with Crippen molar-refractivity contribution in [2.75, 3.05) is 13.7 Å². The first-order valence-electron chi connectivity index (χ1n) is 8.40. The van der Waals surface area contributed by atoms with E-state index in [0.29, 0.717) is 11.3 Å². The summed E-state index contributed by atoms with van der Waals surface area (Å²) in [5, 5.41) is 11.2. The van der Waals surface area contributed by atoms with E-state index in [4.69, 9.17) is 4.74 Å². The van der Waals surface area contributed by atoms with E-state index < -0.39 is 16.8 Å². The molecule has 1 atom stereocenters. The lowest BCUT2D eigenvalue weighted by Crippen LogP contribution is -2.38. The molecule has 2 rings (SSSR count). The van der Waals surface area contributed by atoms with E-state index in [0.717, 1.165) is 0 Å².